The molecule has 3 heterocycles. The van der Waals surface area contributed by atoms with Crippen molar-refractivity contribution >= 4 is 22.6 Å². The van der Waals surface area contributed by atoms with Gasteiger partial charge in [0.05, 0.1) is 11.7 Å². The van der Waals surface area contributed by atoms with Gasteiger partial charge in [-0.2, -0.15) is 0 Å². The average molecular weight is 243 g/mol. The second-order valence-electron chi connectivity index (χ2n) is 4.41. The predicted octanol–water partition coefficient (Wildman–Crippen LogP) is 1.68. The van der Waals surface area contributed by atoms with Crippen LogP contribution in [0.25, 0.3) is 10.9 Å². The van der Waals surface area contributed by atoms with Crippen molar-refractivity contribution in [1.82, 2.24) is 9.97 Å². The third-order valence-electron chi connectivity index (χ3n) is 3.37. The Bertz CT molecular complexity index is 594. The number of aliphatic carboxylic acids is 1. The first-order valence-corrected chi connectivity index (χ1v) is 5.95. The van der Waals surface area contributed by atoms with E-state index >= 15 is 0 Å². The molecule has 1 fully saturated rings. The van der Waals surface area contributed by atoms with E-state index in [1.54, 1.807) is 18.6 Å². The average Bonchev–Trinajstić information content (AvgIpc) is 2.87. The van der Waals surface area contributed by atoms with Gasteiger partial charge in [-0.15, -0.1) is 0 Å². The number of pyridine rings is 2. The van der Waals surface area contributed by atoms with Crippen molar-refractivity contribution in [1.29, 1.82) is 0 Å². The summed E-state index contributed by atoms with van der Waals surface area (Å²) in [6.45, 7) is 0.776. The van der Waals surface area contributed by atoms with Gasteiger partial charge >= 0.3 is 5.97 Å². The molecule has 1 unspecified atom stereocenters. The van der Waals surface area contributed by atoms with Crippen LogP contribution in [0.3, 0.4) is 0 Å². The Kier molecular flexibility index (Phi) is 2.59. The first-order chi connectivity index (χ1) is 8.77. The standard InChI is InChI=1S/C13H13N3O2/c17-13(18)12-2-1-7-16(12)11-4-6-15-10-8-14-5-3-9(10)11/h3-6,8,12H,1-2,7H2,(H,17,18). The van der Waals surface area contributed by atoms with Crippen LogP contribution in [0.2, 0.25) is 0 Å². The number of aromatic nitrogens is 2. The van der Waals surface area contributed by atoms with Gasteiger partial charge in [-0.1, -0.05) is 0 Å². The van der Waals surface area contributed by atoms with Crippen LogP contribution in [0.5, 0.6) is 0 Å². The minimum absolute atomic E-state index is 0.427. The minimum atomic E-state index is -0.758. The number of anilines is 1. The van der Waals surface area contributed by atoms with Crippen LogP contribution in [0.1, 0.15) is 12.8 Å². The fourth-order valence-corrected chi connectivity index (χ4v) is 2.55. The molecule has 0 radical (unpaired) electrons. The van der Waals surface area contributed by atoms with E-state index in [4.69, 9.17) is 0 Å². The van der Waals surface area contributed by atoms with Crippen molar-refractivity contribution < 1.29 is 9.90 Å². The molecule has 2 aromatic rings. The number of fused-ring (bicyclic) bond motifs is 1. The number of hydrogen-bond donors (Lipinski definition) is 1. The van der Waals surface area contributed by atoms with E-state index < -0.39 is 12.0 Å². The van der Waals surface area contributed by atoms with E-state index in [0.29, 0.717) is 6.42 Å². The summed E-state index contributed by atoms with van der Waals surface area (Å²) >= 11 is 0. The molecule has 1 saturated heterocycles. The normalized spacial score (nSPS) is 19.3. The molecule has 0 aliphatic carbocycles. The molecule has 5 heteroatoms. The SMILES string of the molecule is O=C(O)C1CCCN1c1ccnc2cnccc12. The van der Waals surface area contributed by atoms with Crippen LogP contribution in [0, 0.1) is 0 Å². The first kappa shape index (κ1) is 11.0. The summed E-state index contributed by atoms with van der Waals surface area (Å²) in [6, 6.07) is 3.34. The Labute approximate surface area is 104 Å². The summed E-state index contributed by atoms with van der Waals surface area (Å²) in [7, 11) is 0. The molecular weight excluding hydrogens is 230 g/mol. The number of carboxylic acid groups (broad SMARTS) is 1. The van der Waals surface area contributed by atoms with Crippen LogP contribution < -0.4 is 4.90 Å². The van der Waals surface area contributed by atoms with Crippen LogP contribution in [-0.4, -0.2) is 33.6 Å². The molecule has 5 nitrogen and oxygen atoms in total. The van der Waals surface area contributed by atoms with Crippen molar-refractivity contribution in [3.63, 3.8) is 0 Å². The van der Waals surface area contributed by atoms with Gasteiger partial charge in [-0.05, 0) is 25.0 Å². The number of nitrogens with zero attached hydrogens (tertiary/aromatic N) is 3. The topological polar surface area (TPSA) is 66.3 Å². The zero-order valence-corrected chi connectivity index (χ0v) is 9.78. The van der Waals surface area contributed by atoms with Crippen molar-refractivity contribution in [2.24, 2.45) is 0 Å². The quantitative estimate of drug-likeness (QED) is 0.869. The van der Waals surface area contributed by atoms with Crippen LogP contribution in [-0.2, 0) is 4.79 Å². The molecule has 18 heavy (non-hydrogen) atoms. The molecule has 2 aromatic heterocycles. The van der Waals surface area contributed by atoms with Gasteiger partial charge in [0.15, 0.2) is 0 Å². The molecule has 0 aromatic carbocycles. The molecule has 92 valence electrons. The molecule has 1 N–H and O–H groups in total. The Hall–Kier alpha value is -2.17. The molecule has 3 rings (SSSR count). The van der Waals surface area contributed by atoms with Crippen molar-refractivity contribution in [3.8, 4) is 0 Å². The highest BCUT2D eigenvalue weighted by atomic mass is 16.4. The van der Waals surface area contributed by atoms with E-state index in [0.717, 1.165) is 29.6 Å². The lowest BCUT2D eigenvalue weighted by molar-refractivity contribution is -0.138. The predicted molar refractivity (Wildman–Crippen MR) is 67.5 cm³/mol. The summed E-state index contributed by atoms with van der Waals surface area (Å²) < 4.78 is 0. The number of rotatable bonds is 2. The summed E-state index contributed by atoms with van der Waals surface area (Å²) in [4.78, 5) is 21.5. The van der Waals surface area contributed by atoms with Crippen molar-refractivity contribution in [2.45, 2.75) is 18.9 Å². The highest BCUT2D eigenvalue weighted by molar-refractivity contribution is 5.93. The lowest BCUT2D eigenvalue weighted by Gasteiger charge is -2.24. The molecule has 0 saturated carbocycles. The Morgan fingerprint density at radius 3 is 3.11 bits per heavy atom. The minimum Gasteiger partial charge on any atom is -0.480 e. The third-order valence-corrected chi connectivity index (χ3v) is 3.37. The van der Waals surface area contributed by atoms with E-state index in [9.17, 15) is 9.90 Å². The number of hydrogen-bond acceptors (Lipinski definition) is 4. The maximum absolute atomic E-state index is 11.3. The second kappa shape index (κ2) is 4.25. The largest absolute Gasteiger partial charge is 0.480 e. The summed E-state index contributed by atoms with van der Waals surface area (Å²) in [6.07, 6.45) is 6.72. The van der Waals surface area contributed by atoms with Crippen LogP contribution in [0.4, 0.5) is 5.69 Å². The van der Waals surface area contributed by atoms with Crippen molar-refractivity contribution in [3.05, 3.63) is 30.7 Å². The van der Waals surface area contributed by atoms with Gasteiger partial charge in [0.25, 0.3) is 0 Å². The maximum Gasteiger partial charge on any atom is 0.326 e. The first-order valence-electron chi connectivity index (χ1n) is 5.95. The van der Waals surface area contributed by atoms with Gasteiger partial charge in [-0.25, -0.2) is 4.79 Å². The van der Waals surface area contributed by atoms with E-state index in [1.165, 1.54) is 0 Å². The van der Waals surface area contributed by atoms with Gasteiger partial charge in [-0.3, -0.25) is 9.97 Å². The summed E-state index contributed by atoms with van der Waals surface area (Å²) in [5.41, 5.74) is 1.73. The zero-order valence-electron chi connectivity index (χ0n) is 9.78. The highest BCUT2D eigenvalue weighted by Gasteiger charge is 2.31. The molecule has 1 atom stereocenters. The summed E-state index contributed by atoms with van der Waals surface area (Å²) in [5.74, 6) is -0.758. The third kappa shape index (κ3) is 1.68. The van der Waals surface area contributed by atoms with Gasteiger partial charge in [0.2, 0.25) is 0 Å². The zero-order chi connectivity index (χ0) is 12.5. The Balaban J connectivity index is 2.11. The summed E-state index contributed by atoms with van der Waals surface area (Å²) in [5, 5.41) is 10.2. The smallest absolute Gasteiger partial charge is 0.326 e. The van der Waals surface area contributed by atoms with Gasteiger partial charge < -0.3 is 10.0 Å². The van der Waals surface area contributed by atoms with Crippen molar-refractivity contribution in [2.75, 3.05) is 11.4 Å². The van der Waals surface area contributed by atoms with Gasteiger partial charge in [0.1, 0.15) is 6.04 Å². The van der Waals surface area contributed by atoms with E-state index in [-0.39, 0.29) is 0 Å². The number of carboxylic acids is 1. The highest BCUT2D eigenvalue weighted by Crippen LogP contribution is 2.30. The van der Waals surface area contributed by atoms with E-state index in [2.05, 4.69) is 9.97 Å². The molecular formula is C13H13N3O2. The molecule has 1 aliphatic rings. The maximum atomic E-state index is 11.3. The molecule has 0 bridgehead atoms. The van der Waals surface area contributed by atoms with Crippen LogP contribution >= 0.6 is 0 Å². The lowest BCUT2D eigenvalue weighted by Crippen LogP contribution is -2.36. The Morgan fingerprint density at radius 2 is 2.28 bits per heavy atom. The molecule has 0 amide bonds. The molecule has 0 spiro atoms. The van der Waals surface area contributed by atoms with E-state index in [1.807, 2.05) is 17.0 Å². The fraction of sp³-hybridized carbons (Fsp3) is 0.308. The fourth-order valence-electron chi connectivity index (χ4n) is 2.55. The monoisotopic (exact) mass is 243 g/mol. The Morgan fingerprint density at radius 1 is 1.39 bits per heavy atom. The lowest BCUT2D eigenvalue weighted by atomic mass is 10.1. The number of carbonyl (C=O) groups is 1. The van der Waals surface area contributed by atoms with Gasteiger partial charge in [0, 0.05) is 30.0 Å². The van der Waals surface area contributed by atoms with Crippen LogP contribution in [0.15, 0.2) is 30.7 Å². The second-order valence-corrected chi connectivity index (χ2v) is 4.41. The molecule has 1 aliphatic heterocycles.